The molecule has 0 aliphatic rings. The van der Waals surface area contributed by atoms with E-state index < -0.39 is 42.8 Å². The maximum atomic E-state index is 13.3. The van der Waals surface area contributed by atoms with E-state index in [4.69, 9.17) is 5.11 Å². The van der Waals surface area contributed by atoms with E-state index in [1.54, 1.807) is 0 Å². The summed E-state index contributed by atoms with van der Waals surface area (Å²) in [5.41, 5.74) is -0.197. The van der Waals surface area contributed by atoms with Gasteiger partial charge in [0.2, 0.25) is 5.91 Å². The SMILES string of the molecule is COC(=O)C(CO)NC(=O)CNC(=O)c1ccccc1F. The van der Waals surface area contributed by atoms with E-state index >= 15 is 0 Å². The highest BCUT2D eigenvalue weighted by molar-refractivity contribution is 5.97. The summed E-state index contributed by atoms with van der Waals surface area (Å²) in [5.74, 6) is -3.00. The number of esters is 1. The number of hydrogen-bond donors (Lipinski definition) is 3. The van der Waals surface area contributed by atoms with Crippen molar-refractivity contribution in [1.82, 2.24) is 10.6 Å². The molecule has 1 atom stereocenters. The van der Waals surface area contributed by atoms with Crippen LogP contribution >= 0.6 is 0 Å². The minimum atomic E-state index is -1.21. The number of aliphatic hydroxyl groups is 1. The van der Waals surface area contributed by atoms with Gasteiger partial charge in [0.05, 0.1) is 25.8 Å². The number of carbonyl (C=O) groups excluding carboxylic acids is 3. The quantitative estimate of drug-likeness (QED) is 0.597. The lowest BCUT2D eigenvalue weighted by Crippen LogP contribution is -2.47. The molecule has 0 aliphatic carbocycles. The third-order valence-corrected chi connectivity index (χ3v) is 2.53. The van der Waals surface area contributed by atoms with Gasteiger partial charge in [-0.3, -0.25) is 9.59 Å². The Labute approximate surface area is 120 Å². The number of halogens is 1. The topological polar surface area (TPSA) is 105 Å². The number of ether oxygens (including phenoxy) is 1. The Morgan fingerprint density at radius 2 is 2.00 bits per heavy atom. The fourth-order valence-corrected chi connectivity index (χ4v) is 1.47. The number of hydrogen-bond acceptors (Lipinski definition) is 5. The summed E-state index contributed by atoms with van der Waals surface area (Å²) >= 11 is 0. The molecule has 0 aliphatic heterocycles. The Balaban J connectivity index is 2.51. The molecule has 8 heteroatoms. The first kappa shape index (κ1) is 16.6. The van der Waals surface area contributed by atoms with Gasteiger partial charge < -0.3 is 20.5 Å². The third-order valence-electron chi connectivity index (χ3n) is 2.53. The molecule has 1 aromatic rings. The van der Waals surface area contributed by atoms with Crippen LogP contribution in [0.15, 0.2) is 24.3 Å². The van der Waals surface area contributed by atoms with Crippen molar-refractivity contribution in [3.8, 4) is 0 Å². The first-order chi connectivity index (χ1) is 9.99. The zero-order valence-corrected chi connectivity index (χ0v) is 11.3. The minimum Gasteiger partial charge on any atom is -0.467 e. The molecule has 114 valence electrons. The Morgan fingerprint density at radius 1 is 1.33 bits per heavy atom. The maximum Gasteiger partial charge on any atom is 0.330 e. The Hall–Kier alpha value is -2.48. The molecule has 0 saturated carbocycles. The second kappa shape index (κ2) is 7.95. The summed E-state index contributed by atoms with van der Waals surface area (Å²) in [7, 11) is 1.11. The zero-order chi connectivity index (χ0) is 15.8. The van der Waals surface area contributed by atoms with Crippen molar-refractivity contribution >= 4 is 17.8 Å². The van der Waals surface area contributed by atoms with Crippen LogP contribution in [-0.4, -0.2) is 49.2 Å². The smallest absolute Gasteiger partial charge is 0.330 e. The van der Waals surface area contributed by atoms with Crippen LogP contribution in [0.1, 0.15) is 10.4 Å². The normalized spacial score (nSPS) is 11.4. The molecule has 7 nitrogen and oxygen atoms in total. The molecule has 0 spiro atoms. The van der Waals surface area contributed by atoms with E-state index in [2.05, 4.69) is 15.4 Å². The van der Waals surface area contributed by atoms with Gasteiger partial charge in [0, 0.05) is 0 Å². The number of nitrogens with one attached hydrogen (secondary N) is 2. The monoisotopic (exact) mass is 298 g/mol. The first-order valence-corrected chi connectivity index (χ1v) is 6.00. The van der Waals surface area contributed by atoms with Crippen LogP contribution in [0.5, 0.6) is 0 Å². The molecule has 3 N–H and O–H groups in total. The van der Waals surface area contributed by atoms with Gasteiger partial charge in [-0.15, -0.1) is 0 Å². The summed E-state index contributed by atoms with van der Waals surface area (Å²) in [6.45, 7) is -1.11. The molecular weight excluding hydrogens is 283 g/mol. The summed E-state index contributed by atoms with van der Waals surface area (Å²) in [6.07, 6.45) is 0. The van der Waals surface area contributed by atoms with E-state index in [1.807, 2.05) is 0 Å². The van der Waals surface area contributed by atoms with Crippen molar-refractivity contribution in [2.24, 2.45) is 0 Å². The molecule has 1 rings (SSSR count). The lowest BCUT2D eigenvalue weighted by atomic mass is 10.2. The van der Waals surface area contributed by atoms with E-state index in [1.165, 1.54) is 18.2 Å². The van der Waals surface area contributed by atoms with Gasteiger partial charge >= 0.3 is 5.97 Å². The van der Waals surface area contributed by atoms with E-state index in [0.29, 0.717) is 0 Å². The highest BCUT2D eigenvalue weighted by Crippen LogP contribution is 2.05. The summed E-state index contributed by atoms with van der Waals surface area (Å²) in [6, 6.07) is 4.09. The van der Waals surface area contributed by atoms with Crippen molar-refractivity contribution in [3.63, 3.8) is 0 Å². The van der Waals surface area contributed by atoms with Crippen LogP contribution in [0.25, 0.3) is 0 Å². The predicted molar refractivity (Wildman–Crippen MR) is 69.8 cm³/mol. The fourth-order valence-electron chi connectivity index (χ4n) is 1.47. The van der Waals surface area contributed by atoms with Crippen LogP contribution in [0, 0.1) is 5.82 Å². The second-order valence-electron chi connectivity index (χ2n) is 3.99. The zero-order valence-electron chi connectivity index (χ0n) is 11.3. The van der Waals surface area contributed by atoms with Gasteiger partial charge in [0.15, 0.2) is 6.04 Å². The molecular formula is C13H15FN2O5. The van der Waals surface area contributed by atoms with Crippen molar-refractivity contribution < 1.29 is 28.6 Å². The third kappa shape index (κ3) is 4.84. The lowest BCUT2D eigenvalue weighted by Gasteiger charge is -2.14. The molecule has 0 bridgehead atoms. The highest BCUT2D eigenvalue weighted by Gasteiger charge is 2.20. The van der Waals surface area contributed by atoms with Gasteiger partial charge in [-0.1, -0.05) is 12.1 Å². The van der Waals surface area contributed by atoms with Crippen LogP contribution in [0.3, 0.4) is 0 Å². The maximum absolute atomic E-state index is 13.3. The molecule has 0 radical (unpaired) electrons. The van der Waals surface area contributed by atoms with Crippen molar-refractivity contribution in [3.05, 3.63) is 35.6 Å². The predicted octanol–water partition coefficient (Wildman–Crippen LogP) is -0.794. The van der Waals surface area contributed by atoms with Gasteiger partial charge in [-0.2, -0.15) is 0 Å². The van der Waals surface area contributed by atoms with Crippen molar-refractivity contribution in [1.29, 1.82) is 0 Å². The van der Waals surface area contributed by atoms with Gasteiger partial charge in [-0.05, 0) is 12.1 Å². The van der Waals surface area contributed by atoms with E-state index in [0.717, 1.165) is 13.2 Å². The standard InChI is InChI=1S/C13H15FN2O5/c1-21-13(20)10(7-17)16-11(18)6-15-12(19)8-4-2-3-5-9(8)14/h2-5,10,17H,6-7H2,1H3,(H,15,19)(H,16,18). The number of benzene rings is 1. The summed E-state index contributed by atoms with van der Waals surface area (Å²) in [4.78, 5) is 34.3. The Bertz CT molecular complexity index is 535. The number of rotatable bonds is 6. The molecule has 0 fully saturated rings. The Kier molecular flexibility index (Phi) is 6.28. The largest absolute Gasteiger partial charge is 0.467 e. The Morgan fingerprint density at radius 3 is 2.57 bits per heavy atom. The molecule has 0 saturated heterocycles. The molecule has 0 aromatic heterocycles. The highest BCUT2D eigenvalue weighted by atomic mass is 19.1. The number of carbonyl (C=O) groups is 3. The molecule has 21 heavy (non-hydrogen) atoms. The van der Waals surface area contributed by atoms with Crippen LogP contribution in [0.2, 0.25) is 0 Å². The molecule has 2 amide bonds. The van der Waals surface area contributed by atoms with Crippen molar-refractivity contribution in [2.45, 2.75) is 6.04 Å². The average molecular weight is 298 g/mol. The molecule has 0 heterocycles. The fraction of sp³-hybridized carbons (Fsp3) is 0.308. The first-order valence-electron chi connectivity index (χ1n) is 6.00. The number of amides is 2. The van der Waals surface area contributed by atoms with Crippen LogP contribution < -0.4 is 10.6 Å². The second-order valence-corrected chi connectivity index (χ2v) is 3.99. The van der Waals surface area contributed by atoms with Gasteiger partial charge in [-0.25, -0.2) is 9.18 Å². The average Bonchev–Trinajstić information content (AvgIpc) is 2.49. The number of aliphatic hydroxyl groups excluding tert-OH is 1. The van der Waals surface area contributed by atoms with Gasteiger partial charge in [0.25, 0.3) is 5.91 Å². The van der Waals surface area contributed by atoms with Crippen LogP contribution in [0.4, 0.5) is 4.39 Å². The van der Waals surface area contributed by atoms with Gasteiger partial charge in [0.1, 0.15) is 5.82 Å². The van der Waals surface area contributed by atoms with E-state index in [9.17, 15) is 18.8 Å². The van der Waals surface area contributed by atoms with Crippen molar-refractivity contribution in [2.75, 3.05) is 20.3 Å². The summed E-state index contributed by atoms with van der Waals surface area (Å²) < 4.78 is 17.7. The van der Waals surface area contributed by atoms with Crippen LogP contribution in [-0.2, 0) is 14.3 Å². The molecule has 1 aromatic carbocycles. The summed E-state index contributed by atoms with van der Waals surface area (Å²) in [5, 5.41) is 13.3. The number of methoxy groups -OCH3 is 1. The lowest BCUT2D eigenvalue weighted by molar-refractivity contribution is -0.146. The molecule has 1 unspecified atom stereocenters. The minimum absolute atomic E-state index is 0.197. The van der Waals surface area contributed by atoms with E-state index in [-0.39, 0.29) is 5.56 Å².